The third-order valence-electron chi connectivity index (χ3n) is 5.30. The summed E-state index contributed by atoms with van der Waals surface area (Å²) in [6, 6.07) is 1.82. The van der Waals surface area contributed by atoms with E-state index in [2.05, 4.69) is 4.74 Å². The lowest BCUT2D eigenvalue weighted by atomic mass is 9.51. The van der Waals surface area contributed by atoms with Crippen LogP contribution in [0.4, 0.5) is 0 Å². The molecule has 4 rings (SSSR count). The Kier molecular flexibility index (Phi) is 3.00. The molecule has 4 nitrogen and oxygen atoms in total. The molecule has 0 saturated heterocycles. The van der Waals surface area contributed by atoms with Gasteiger partial charge < -0.3 is 9.84 Å². The lowest BCUT2D eigenvalue weighted by Gasteiger charge is -2.54. The van der Waals surface area contributed by atoms with E-state index >= 15 is 0 Å². The SMILES string of the molecule is COC(=O)/C(C#N)=C(\O)C1C2CC3CC(C2)CC1C3. The molecule has 4 bridgehead atoms. The van der Waals surface area contributed by atoms with Crippen molar-refractivity contribution in [3.63, 3.8) is 0 Å². The molecule has 4 saturated carbocycles. The predicted molar refractivity (Wildman–Crippen MR) is 67.8 cm³/mol. The minimum atomic E-state index is -0.714. The zero-order valence-corrected chi connectivity index (χ0v) is 11.1. The van der Waals surface area contributed by atoms with Crippen molar-refractivity contribution in [2.24, 2.45) is 29.6 Å². The highest BCUT2D eigenvalue weighted by Gasteiger charge is 2.50. The molecule has 0 atom stereocenters. The monoisotopic (exact) mass is 261 g/mol. The molecule has 0 spiro atoms. The summed E-state index contributed by atoms with van der Waals surface area (Å²) < 4.78 is 4.59. The van der Waals surface area contributed by atoms with Crippen LogP contribution in [0.5, 0.6) is 0 Å². The zero-order chi connectivity index (χ0) is 13.6. The number of carbonyl (C=O) groups excluding carboxylic acids is 1. The first kappa shape index (κ1) is 12.5. The maximum Gasteiger partial charge on any atom is 0.352 e. The third kappa shape index (κ3) is 1.92. The summed E-state index contributed by atoms with van der Waals surface area (Å²) in [6.07, 6.45) is 5.90. The number of ether oxygens (including phenoxy) is 1. The fraction of sp³-hybridized carbons (Fsp3) is 0.733. The molecule has 0 unspecified atom stereocenters. The van der Waals surface area contributed by atoms with Gasteiger partial charge >= 0.3 is 5.97 Å². The minimum Gasteiger partial charge on any atom is -0.510 e. The molecule has 0 aromatic carbocycles. The van der Waals surface area contributed by atoms with Crippen LogP contribution in [0.3, 0.4) is 0 Å². The van der Waals surface area contributed by atoms with Gasteiger partial charge in [-0.2, -0.15) is 5.26 Å². The molecule has 4 heteroatoms. The number of methoxy groups -OCH3 is 1. The van der Waals surface area contributed by atoms with E-state index in [1.54, 1.807) is 0 Å². The molecule has 0 aromatic rings. The molecule has 0 heterocycles. The average molecular weight is 261 g/mol. The van der Waals surface area contributed by atoms with Crippen molar-refractivity contribution in [2.45, 2.75) is 32.1 Å². The number of nitriles is 1. The van der Waals surface area contributed by atoms with Crippen LogP contribution in [0.1, 0.15) is 32.1 Å². The van der Waals surface area contributed by atoms with E-state index in [1.807, 2.05) is 6.07 Å². The Morgan fingerprint density at radius 1 is 1.16 bits per heavy atom. The van der Waals surface area contributed by atoms with Gasteiger partial charge in [0.25, 0.3) is 0 Å². The highest BCUT2D eigenvalue weighted by atomic mass is 16.5. The summed E-state index contributed by atoms with van der Waals surface area (Å²) in [7, 11) is 1.24. The van der Waals surface area contributed by atoms with Crippen molar-refractivity contribution in [3.8, 4) is 6.07 Å². The number of esters is 1. The van der Waals surface area contributed by atoms with Gasteiger partial charge in [-0.3, -0.25) is 0 Å². The molecule has 0 amide bonds. The second-order valence-electron chi connectivity index (χ2n) is 6.32. The van der Waals surface area contributed by atoms with Crippen molar-refractivity contribution < 1.29 is 14.6 Å². The van der Waals surface area contributed by atoms with Gasteiger partial charge in [-0.25, -0.2) is 4.79 Å². The Morgan fingerprint density at radius 2 is 1.68 bits per heavy atom. The normalized spacial score (nSPS) is 40.5. The van der Waals surface area contributed by atoms with E-state index in [0.717, 1.165) is 37.5 Å². The van der Waals surface area contributed by atoms with Gasteiger partial charge in [0.05, 0.1) is 7.11 Å². The van der Waals surface area contributed by atoms with Crippen molar-refractivity contribution >= 4 is 5.97 Å². The molecular weight excluding hydrogens is 242 g/mol. The number of rotatable bonds is 2. The van der Waals surface area contributed by atoms with Crippen molar-refractivity contribution in [3.05, 3.63) is 11.3 Å². The van der Waals surface area contributed by atoms with Gasteiger partial charge in [0.2, 0.25) is 0 Å². The number of hydrogen-bond acceptors (Lipinski definition) is 4. The number of aliphatic hydroxyl groups excluding tert-OH is 1. The highest BCUT2D eigenvalue weighted by molar-refractivity contribution is 5.93. The number of hydrogen-bond donors (Lipinski definition) is 1. The van der Waals surface area contributed by atoms with Gasteiger partial charge in [0.15, 0.2) is 5.57 Å². The number of allylic oxidation sites excluding steroid dienone is 1. The van der Waals surface area contributed by atoms with Crippen LogP contribution >= 0.6 is 0 Å². The molecule has 1 N–H and O–H groups in total. The summed E-state index contributed by atoms with van der Waals surface area (Å²) in [4.78, 5) is 11.6. The Labute approximate surface area is 113 Å². The summed E-state index contributed by atoms with van der Waals surface area (Å²) in [6.45, 7) is 0. The third-order valence-corrected chi connectivity index (χ3v) is 5.30. The summed E-state index contributed by atoms with van der Waals surface area (Å²) in [5.41, 5.74) is -0.194. The van der Waals surface area contributed by atoms with E-state index in [4.69, 9.17) is 5.26 Å². The van der Waals surface area contributed by atoms with E-state index in [1.165, 1.54) is 13.5 Å². The van der Waals surface area contributed by atoms with Crippen LogP contribution in [-0.4, -0.2) is 18.2 Å². The molecular formula is C15H19NO3. The van der Waals surface area contributed by atoms with Gasteiger partial charge in [0, 0.05) is 5.92 Å². The molecule has 4 aliphatic rings. The first-order valence-electron chi connectivity index (χ1n) is 7.05. The molecule has 0 radical (unpaired) electrons. The Hall–Kier alpha value is -1.50. The van der Waals surface area contributed by atoms with Crippen LogP contribution in [0.25, 0.3) is 0 Å². The summed E-state index contributed by atoms with van der Waals surface area (Å²) in [5.74, 6) is 1.78. The second-order valence-corrected chi connectivity index (χ2v) is 6.32. The average Bonchev–Trinajstić information content (AvgIpc) is 2.38. The number of carbonyl (C=O) groups is 1. The number of nitrogens with zero attached hydrogens (tertiary/aromatic N) is 1. The van der Waals surface area contributed by atoms with Crippen LogP contribution < -0.4 is 0 Å². The van der Waals surface area contributed by atoms with Crippen molar-refractivity contribution in [1.29, 1.82) is 5.26 Å². The van der Waals surface area contributed by atoms with E-state index in [-0.39, 0.29) is 17.3 Å². The van der Waals surface area contributed by atoms with Crippen LogP contribution in [-0.2, 0) is 9.53 Å². The second kappa shape index (κ2) is 4.56. The molecule has 4 fully saturated rings. The van der Waals surface area contributed by atoms with Crippen molar-refractivity contribution in [2.75, 3.05) is 7.11 Å². The molecule has 4 aliphatic carbocycles. The molecule has 0 aromatic heterocycles. The first-order valence-corrected chi connectivity index (χ1v) is 7.05. The maximum absolute atomic E-state index is 11.6. The van der Waals surface area contributed by atoms with Crippen LogP contribution in [0, 0.1) is 40.9 Å². The molecule has 19 heavy (non-hydrogen) atoms. The minimum absolute atomic E-state index is 0.00144. The fourth-order valence-corrected chi connectivity index (χ4v) is 4.85. The Balaban J connectivity index is 1.92. The summed E-state index contributed by atoms with van der Waals surface area (Å²) >= 11 is 0. The Bertz CT molecular complexity index is 446. The van der Waals surface area contributed by atoms with E-state index in [9.17, 15) is 9.90 Å². The standard InChI is InChI=1S/C15H19NO3/c1-19-15(18)12(7-16)14(17)13-10-3-8-2-9(5-10)6-11(13)4-8/h8-11,13,17H,2-6H2,1H3/b14-12-. The smallest absolute Gasteiger partial charge is 0.352 e. The predicted octanol–water partition coefficient (Wildman–Crippen LogP) is 2.57. The van der Waals surface area contributed by atoms with Crippen LogP contribution in [0.15, 0.2) is 11.3 Å². The lowest BCUT2D eigenvalue weighted by Crippen LogP contribution is -2.46. The van der Waals surface area contributed by atoms with Crippen molar-refractivity contribution in [1.82, 2.24) is 0 Å². The van der Waals surface area contributed by atoms with Gasteiger partial charge in [0.1, 0.15) is 11.8 Å². The van der Waals surface area contributed by atoms with Gasteiger partial charge in [-0.05, 0) is 55.8 Å². The largest absolute Gasteiger partial charge is 0.510 e. The zero-order valence-electron chi connectivity index (χ0n) is 11.1. The van der Waals surface area contributed by atoms with E-state index in [0.29, 0.717) is 11.8 Å². The maximum atomic E-state index is 11.6. The Morgan fingerprint density at radius 3 is 2.11 bits per heavy atom. The quantitative estimate of drug-likeness (QED) is 0.359. The van der Waals surface area contributed by atoms with E-state index < -0.39 is 5.97 Å². The number of aliphatic hydroxyl groups is 1. The van der Waals surface area contributed by atoms with Crippen LogP contribution in [0.2, 0.25) is 0 Å². The molecule has 0 aliphatic heterocycles. The summed E-state index contributed by atoms with van der Waals surface area (Å²) in [5, 5.41) is 19.5. The fourth-order valence-electron chi connectivity index (χ4n) is 4.85. The van der Waals surface area contributed by atoms with Gasteiger partial charge in [-0.1, -0.05) is 0 Å². The highest BCUT2D eigenvalue weighted by Crippen LogP contribution is 2.58. The first-order chi connectivity index (χ1) is 9.13. The molecule has 102 valence electrons. The van der Waals surface area contributed by atoms with Gasteiger partial charge in [-0.15, -0.1) is 0 Å². The lowest BCUT2D eigenvalue weighted by molar-refractivity contribution is -0.136. The topological polar surface area (TPSA) is 70.3 Å².